The van der Waals surface area contributed by atoms with Crippen LogP contribution in [0.1, 0.15) is 5.89 Å². The van der Waals surface area contributed by atoms with Crippen LogP contribution in [0.2, 0.25) is 0 Å². The van der Waals surface area contributed by atoms with Crippen molar-refractivity contribution < 1.29 is 9.21 Å². The molecule has 0 bridgehead atoms. The molecular weight excluding hydrogens is 286 g/mol. The molecule has 0 saturated heterocycles. The van der Waals surface area contributed by atoms with Gasteiger partial charge in [0.25, 0.3) is 10.8 Å². The summed E-state index contributed by atoms with van der Waals surface area (Å²) in [6.07, 6.45) is 1.72. The van der Waals surface area contributed by atoms with Crippen molar-refractivity contribution in [1.82, 2.24) is 19.7 Å². The number of nitrogens with two attached hydrogens (primary N) is 1. The predicted molar refractivity (Wildman–Crippen MR) is 69.2 cm³/mol. The number of H-pyrrole nitrogens is 1. The second-order valence-corrected chi connectivity index (χ2v) is 4.70. The fourth-order valence-electron chi connectivity index (χ4n) is 1.37. The second kappa shape index (κ2) is 6.19. The number of carbonyl (C=O) groups is 1. The summed E-state index contributed by atoms with van der Waals surface area (Å²) >= 11 is 1.05. The van der Waals surface area contributed by atoms with Crippen molar-refractivity contribution in [1.29, 1.82) is 0 Å². The Hall–Kier alpha value is -2.36. The van der Waals surface area contributed by atoms with Crippen LogP contribution in [0.4, 0.5) is 0 Å². The largest absolute Gasteiger partial charge is 0.416 e. The highest BCUT2D eigenvalue weighted by atomic mass is 32.2. The number of hydrogen-bond acceptors (Lipinski definition) is 7. The van der Waals surface area contributed by atoms with Gasteiger partial charge in [0.05, 0.1) is 5.75 Å². The number of rotatable bonds is 6. The topological polar surface area (TPSA) is 137 Å². The third-order valence-electron chi connectivity index (χ3n) is 2.25. The van der Waals surface area contributed by atoms with E-state index >= 15 is 0 Å². The van der Waals surface area contributed by atoms with Gasteiger partial charge in [0.2, 0.25) is 11.8 Å². The normalized spacial score (nSPS) is 10.6. The van der Waals surface area contributed by atoms with Gasteiger partial charge in [0.15, 0.2) is 0 Å². The van der Waals surface area contributed by atoms with Crippen LogP contribution in [-0.4, -0.2) is 31.4 Å². The molecule has 0 aliphatic carbocycles. The Morgan fingerprint density at radius 2 is 2.25 bits per heavy atom. The van der Waals surface area contributed by atoms with Crippen molar-refractivity contribution >= 4 is 17.7 Å². The van der Waals surface area contributed by atoms with Crippen LogP contribution in [-0.2, 0) is 17.8 Å². The third kappa shape index (κ3) is 3.82. The van der Waals surface area contributed by atoms with Crippen molar-refractivity contribution in [3.8, 4) is 0 Å². The van der Waals surface area contributed by atoms with E-state index < -0.39 is 17.2 Å². The fraction of sp³-hybridized carbons (Fsp3) is 0.300. The number of nitrogens with zero attached hydrogens (tertiary/aromatic N) is 3. The molecule has 0 atom stereocenters. The molecule has 3 N–H and O–H groups in total. The molecule has 1 amide bonds. The van der Waals surface area contributed by atoms with Crippen molar-refractivity contribution in [3.05, 3.63) is 39.0 Å². The van der Waals surface area contributed by atoms with Gasteiger partial charge in [0.1, 0.15) is 0 Å². The molecule has 0 aliphatic rings. The van der Waals surface area contributed by atoms with E-state index in [1.54, 1.807) is 0 Å². The molecule has 2 rings (SSSR count). The van der Waals surface area contributed by atoms with E-state index in [0.717, 1.165) is 11.8 Å². The first kappa shape index (κ1) is 14.1. The Balaban J connectivity index is 1.95. The van der Waals surface area contributed by atoms with Gasteiger partial charge in [0, 0.05) is 25.2 Å². The number of hydrogen-bond donors (Lipinski definition) is 2. The van der Waals surface area contributed by atoms with E-state index in [1.807, 2.05) is 0 Å². The number of aromatic amines is 1. The third-order valence-corrected chi connectivity index (χ3v) is 3.09. The molecule has 2 heterocycles. The quantitative estimate of drug-likeness (QED) is 0.635. The molecule has 0 aromatic carbocycles. The standard InChI is InChI=1S/C10H11N5O4S/c11-6(16)5-20-10-14-13-8(19-10)2-4-15-3-1-7(17)12-9(15)18/h1,3H,2,4-5H2,(H2,11,16)(H,12,17,18). The number of thioether (sulfide) groups is 1. The van der Waals surface area contributed by atoms with E-state index in [1.165, 1.54) is 16.8 Å². The summed E-state index contributed by atoms with van der Waals surface area (Å²) in [5.74, 6) is -0.0919. The number of carbonyl (C=O) groups excluding carboxylic acids is 1. The van der Waals surface area contributed by atoms with Gasteiger partial charge in [-0.25, -0.2) is 4.79 Å². The molecule has 2 aromatic heterocycles. The molecule has 0 aliphatic heterocycles. The Morgan fingerprint density at radius 1 is 1.45 bits per heavy atom. The minimum Gasteiger partial charge on any atom is -0.416 e. The Bertz CT molecular complexity index is 719. The van der Waals surface area contributed by atoms with Gasteiger partial charge >= 0.3 is 5.69 Å². The molecule has 9 nitrogen and oxygen atoms in total. The van der Waals surface area contributed by atoms with E-state index in [4.69, 9.17) is 10.2 Å². The lowest BCUT2D eigenvalue weighted by atomic mass is 10.4. The van der Waals surface area contributed by atoms with Gasteiger partial charge in [-0.2, -0.15) is 0 Å². The van der Waals surface area contributed by atoms with E-state index in [2.05, 4.69) is 15.2 Å². The van der Waals surface area contributed by atoms with Gasteiger partial charge < -0.3 is 14.7 Å². The minimum atomic E-state index is -0.500. The van der Waals surface area contributed by atoms with Crippen LogP contribution >= 0.6 is 11.8 Å². The number of aryl methyl sites for hydroxylation is 2. The minimum absolute atomic E-state index is 0.0566. The van der Waals surface area contributed by atoms with E-state index in [9.17, 15) is 14.4 Å². The molecular formula is C10H11N5O4S. The van der Waals surface area contributed by atoms with Gasteiger partial charge in [-0.15, -0.1) is 10.2 Å². The first-order chi connectivity index (χ1) is 9.54. The lowest BCUT2D eigenvalue weighted by Gasteiger charge is -2.00. The highest BCUT2D eigenvalue weighted by Gasteiger charge is 2.08. The molecule has 2 aromatic rings. The number of primary amides is 1. The van der Waals surface area contributed by atoms with Crippen molar-refractivity contribution in [2.75, 3.05) is 5.75 Å². The van der Waals surface area contributed by atoms with Crippen molar-refractivity contribution in [2.45, 2.75) is 18.2 Å². The molecule has 0 unspecified atom stereocenters. The maximum atomic E-state index is 11.4. The van der Waals surface area contributed by atoms with Gasteiger partial charge in [-0.1, -0.05) is 11.8 Å². The molecule has 0 fully saturated rings. The van der Waals surface area contributed by atoms with Crippen molar-refractivity contribution in [3.63, 3.8) is 0 Å². The molecule has 106 valence electrons. The van der Waals surface area contributed by atoms with Crippen LogP contribution < -0.4 is 17.0 Å². The van der Waals surface area contributed by atoms with Crippen LogP contribution in [0.3, 0.4) is 0 Å². The first-order valence-corrected chi connectivity index (χ1v) is 6.56. The number of aromatic nitrogens is 4. The van der Waals surface area contributed by atoms with Gasteiger partial charge in [-0.3, -0.25) is 14.6 Å². The SMILES string of the molecule is NC(=O)CSc1nnc(CCn2ccc(=O)[nH]c2=O)o1. The summed E-state index contributed by atoms with van der Waals surface area (Å²) in [6, 6.07) is 1.25. The van der Waals surface area contributed by atoms with E-state index in [0.29, 0.717) is 12.3 Å². The second-order valence-electron chi connectivity index (χ2n) is 3.77. The summed E-state index contributed by atoms with van der Waals surface area (Å²) < 4.78 is 6.59. The van der Waals surface area contributed by atoms with Crippen LogP contribution in [0.25, 0.3) is 0 Å². The maximum Gasteiger partial charge on any atom is 0.328 e. The zero-order chi connectivity index (χ0) is 14.5. The molecule has 20 heavy (non-hydrogen) atoms. The van der Waals surface area contributed by atoms with Gasteiger partial charge in [-0.05, 0) is 0 Å². The zero-order valence-corrected chi connectivity index (χ0v) is 11.1. The summed E-state index contributed by atoms with van der Waals surface area (Å²) in [6.45, 7) is 0.289. The smallest absolute Gasteiger partial charge is 0.328 e. The predicted octanol–water partition coefficient (Wildman–Crippen LogP) is -1.26. The van der Waals surface area contributed by atoms with Crippen molar-refractivity contribution in [2.24, 2.45) is 5.73 Å². The Labute approximate surface area is 116 Å². The lowest BCUT2D eigenvalue weighted by molar-refractivity contribution is -0.115. The Morgan fingerprint density at radius 3 is 2.95 bits per heavy atom. The van der Waals surface area contributed by atoms with Crippen LogP contribution in [0, 0.1) is 0 Å². The maximum absolute atomic E-state index is 11.4. The Kier molecular flexibility index (Phi) is 4.35. The average molecular weight is 297 g/mol. The first-order valence-electron chi connectivity index (χ1n) is 5.58. The highest BCUT2D eigenvalue weighted by molar-refractivity contribution is 7.99. The van der Waals surface area contributed by atoms with Crippen LogP contribution in [0.5, 0.6) is 0 Å². The molecule has 10 heteroatoms. The summed E-state index contributed by atoms with van der Waals surface area (Å²) in [4.78, 5) is 35.1. The molecule has 0 radical (unpaired) electrons. The fourth-order valence-corrected chi connectivity index (χ4v) is 1.89. The zero-order valence-electron chi connectivity index (χ0n) is 10.2. The molecule has 0 saturated carbocycles. The summed E-state index contributed by atoms with van der Waals surface area (Å²) in [7, 11) is 0. The van der Waals surface area contributed by atoms with Crippen LogP contribution in [0.15, 0.2) is 31.5 Å². The lowest BCUT2D eigenvalue weighted by Crippen LogP contribution is -2.29. The number of amides is 1. The molecule has 0 spiro atoms. The monoisotopic (exact) mass is 297 g/mol. The number of nitrogens with one attached hydrogen (secondary N) is 1. The van der Waals surface area contributed by atoms with E-state index in [-0.39, 0.29) is 17.5 Å². The summed E-state index contributed by atoms with van der Waals surface area (Å²) in [5.41, 5.74) is 4.04. The highest BCUT2D eigenvalue weighted by Crippen LogP contribution is 2.15. The average Bonchev–Trinajstić information content (AvgIpc) is 2.83. The summed E-state index contributed by atoms with van der Waals surface area (Å²) in [5, 5.41) is 7.75.